The fourth-order valence-electron chi connectivity index (χ4n) is 1.33. The highest BCUT2D eigenvalue weighted by Gasteiger charge is 2.15. The molecule has 1 heterocycles. The van der Waals surface area contributed by atoms with E-state index in [1.165, 1.54) is 0 Å². The SMILES string of the molecule is O=C([O-])[C@H](Sc1ncccn1)c1ccccc1. The van der Waals surface area contributed by atoms with Crippen molar-refractivity contribution in [1.82, 2.24) is 9.97 Å². The van der Waals surface area contributed by atoms with E-state index in [1.54, 1.807) is 42.7 Å². The molecule has 4 nitrogen and oxygen atoms in total. The number of aromatic nitrogens is 2. The van der Waals surface area contributed by atoms with Gasteiger partial charge in [-0.15, -0.1) is 0 Å². The second-order valence-corrected chi connectivity index (χ2v) is 4.33. The first-order chi connectivity index (χ1) is 8.27. The molecule has 0 fully saturated rings. The predicted octanol–water partition coefficient (Wildman–Crippen LogP) is 1.06. The van der Waals surface area contributed by atoms with Crippen molar-refractivity contribution < 1.29 is 9.90 Å². The summed E-state index contributed by atoms with van der Waals surface area (Å²) in [6.07, 6.45) is 3.15. The molecule has 5 heteroatoms. The van der Waals surface area contributed by atoms with Gasteiger partial charge in [-0.05, 0) is 11.6 Å². The number of carbonyl (C=O) groups excluding carboxylic acids is 1. The monoisotopic (exact) mass is 245 g/mol. The van der Waals surface area contributed by atoms with Crippen LogP contribution in [0.15, 0.2) is 53.9 Å². The van der Waals surface area contributed by atoms with E-state index in [-0.39, 0.29) is 0 Å². The Bertz CT molecular complexity index is 490. The first-order valence-corrected chi connectivity index (χ1v) is 5.85. The fraction of sp³-hybridized carbons (Fsp3) is 0.0833. The maximum absolute atomic E-state index is 11.1. The first kappa shape index (κ1) is 11.6. The molecule has 0 unspecified atom stereocenters. The summed E-state index contributed by atoms with van der Waals surface area (Å²) in [4.78, 5) is 19.1. The van der Waals surface area contributed by atoms with Gasteiger partial charge in [0.15, 0.2) is 5.16 Å². The van der Waals surface area contributed by atoms with Crippen LogP contribution in [0, 0.1) is 0 Å². The molecule has 17 heavy (non-hydrogen) atoms. The quantitative estimate of drug-likeness (QED) is 0.595. The van der Waals surface area contributed by atoms with E-state index in [1.807, 2.05) is 6.07 Å². The Morgan fingerprint density at radius 3 is 2.35 bits per heavy atom. The van der Waals surface area contributed by atoms with E-state index in [0.29, 0.717) is 10.7 Å². The van der Waals surface area contributed by atoms with Crippen LogP contribution in [-0.2, 0) is 4.79 Å². The normalized spacial score (nSPS) is 12.0. The highest BCUT2D eigenvalue weighted by Crippen LogP contribution is 2.32. The maximum atomic E-state index is 11.1. The summed E-state index contributed by atoms with van der Waals surface area (Å²) in [7, 11) is 0. The molecule has 0 aliphatic rings. The summed E-state index contributed by atoms with van der Waals surface area (Å²) in [5.41, 5.74) is 0.671. The van der Waals surface area contributed by atoms with Crippen molar-refractivity contribution in [3.8, 4) is 0 Å². The second kappa shape index (κ2) is 5.45. The number of rotatable bonds is 4. The Morgan fingerprint density at radius 2 is 1.76 bits per heavy atom. The van der Waals surface area contributed by atoms with Gasteiger partial charge in [-0.1, -0.05) is 42.1 Å². The molecule has 2 rings (SSSR count). The lowest BCUT2D eigenvalue weighted by Gasteiger charge is -2.16. The standard InChI is InChI=1S/C12H10N2O2S/c15-11(16)10(9-5-2-1-3-6-9)17-12-13-7-4-8-14-12/h1-8,10H,(H,15,16)/p-1/t10-/m1/s1. The molecule has 0 amide bonds. The Labute approximate surface area is 103 Å². The summed E-state index contributed by atoms with van der Waals surface area (Å²) in [6, 6.07) is 10.6. The van der Waals surface area contributed by atoms with Crippen molar-refractivity contribution in [3.63, 3.8) is 0 Å². The molecule has 1 aromatic heterocycles. The van der Waals surface area contributed by atoms with E-state index in [9.17, 15) is 9.90 Å². The van der Waals surface area contributed by atoms with Crippen LogP contribution in [0.5, 0.6) is 0 Å². The van der Waals surface area contributed by atoms with Gasteiger partial charge in [0.25, 0.3) is 0 Å². The zero-order valence-corrected chi connectivity index (χ0v) is 9.63. The van der Waals surface area contributed by atoms with Crippen molar-refractivity contribution in [2.45, 2.75) is 10.4 Å². The van der Waals surface area contributed by atoms with Crippen LogP contribution >= 0.6 is 11.8 Å². The summed E-state index contributed by atoms with van der Waals surface area (Å²) < 4.78 is 0. The van der Waals surface area contributed by atoms with Crippen molar-refractivity contribution in [2.24, 2.45) is 0 Å². The first-order valence-electron chi connectivity index (χ1n) is 4.97. The van der Waals surface area contributed by atoms with E-state index < -0.39 is 11.2 Å². The number of nitrogens with zero attached hydrogens (tertiary/aromatic N) is 2. The summed E-state index contributed by atoms with van der Waals surface area (Å²) in [6.45, 7) is 0. The highest BCUT2D eigenvalue weighted by atomic mass is 32.2. The number of hydrogen-bond donors (Lipinski definition) is 0. The third-order valence-electron chi connectivity index (χ3n) is 2.08. The molecule has 1 atom stereocenters. The van der Waals surface area contributed by atoms with Gasteiger partial charge >= 0.3 is 0 Å². The lowest BCUT2D eigenvalue weighted by Crippen LogP contribution is -2.28. The molecule has 0 saturated heterocycles. The van der Waals surface area contributed by atoms with Gasteiger partial charge < -0.3 is 9.90 Å². The van der Waals surface area contributed by atoms with Gasteiger partial charge in [0, 0.05) is 12.4 Å². The minimum atomic E-state index is -1.14. The number of hydrogen-bond acceptors (Lipinski definition) is 5. The Morgan fingerprint density at radius 1 is 1.12 bits per heavy atom. The van der Waals surface area contributed by atoms with Gasteiger partial charge in [-0.3, -0.25) is 0 Å². The molecule has 1 aromatic carbocycles. The van der Waals surface area contributed by atoms with Crippen LogP contribution in [0.4, 0.5) is 0 Å². The summed E-state index contributed by atoms with van der Waals surface area (Å²) in [5.74, 6) is -1.14. The van der Waals surface area contributed by atoms with Crippen LogP contribution in [-0.4, -0.2) is 15.9 Å². The number of carbonyl (C=O) groups is 1. The van der Waals surface area contributed by atoms with E-state index >= 15 is 0 Å². The van der Waals surface area contributed by atoms with Gasteiger partial charge in [-0.2, -0.15) is 0 Å². The molecular formula is C12H9N2O2S-. The minimum absolute atomic E-state index is 0.422. The van der Waals surface area contributed by atoms with Gasteiger partial charge in [0.05, 0.1) is 11.2 Å². The van der Waals surface area contributed by atoms with Gasteiger partial charge in [0.1, 0.15) is 0 Å². The van der Waals surface area contributed by atoms with Crippen LogP contribution in [0.1, 0.15) is 10.8 Å². The topological polar surface area (TPSA) is 65.9 Å². The van der Waals surface area contributed by atoms with Crippen LogP contribution in [0.25, 0.3) is 0 Å². The van der Waals surface area contributed by atoms with E-state index in [2.05, 4.69) is 9.97 Å². The van der Waals surface area contributed by atoms with Crippen molar-refractivity contribution in [3.05, 3.63) is 54.4 Å². The largest absolute Gasteiger partial charge is 0.549 e. The molecule has 2 aromatic rings. The minimum Gasteiger partial charge on any atom is -0.549 e. The van der Waals surface area contributed by atoms with Crippen molar-refractivity contribution in [2.75, 3.05) is 0 Å². The van der Waals surface area contributed by atoms with E-state index in [0.717, 1.165) is 11.8 Å². The Kier molecular flexibility index (Phi) is 3.72. The Hall–Kier alpha value is -1.88. The second-order valence-electron chi connectivity index (χ2n) is 3.26. The summed E-state index contributed by atoms with van der Waals surface area (Å²) in [5, 5.41) is 10.7. The molecule has 0 N–H and O–H groups in total. The third-order valence-corrected chi connectivity index (χ3v) is 3.20. The lowest BCUT2D eigenvalue weighted by molar-refractivity contribution is -0.305. The molecule has 0 radical (unpaired) electrons. The smallest absolute Gasteiger partial charge is 0.188 e. The predicted molar refractivity (Wildman–Crippen MR) is 62.1 cm³/mol. The molecule has 0 saturated carbocycles. The zero-order valence-electron chi connectivity index (χ0n) is 8.82. The van der Waals surface area contributed by atoms with E-state index in [4.69, 9.17) is 0 Å². The number of aliphatic carboxylic acids is 1. The average Bonchev–Trinajstić information content (AvgIpc) is 2.38. The number of carboxylic acids is 1. The molecular weight excluding hydrogens is 236 g/mol. The number of thioether (sulfide) groups is 1. The number of benzene rings is 1. The van der Waals surface area contributed by atoms with Gasteiger partial charge in [0.2, 0.25) is 0 Å². The van der Waals surface area contributed by atoms with Crippen LogP contribution in [0.2, 0.25) is 0 Å². The third kappa shape index (κ3) is 3.04. The van der Waals surface area contributed by atoms with Gasteiger partial charge in [-0.25, -0.2) is 9.97 Å². The zero-order chi connectivity index (χ0) is 12.1. The lowest BCUT2D eigenvalue weighted by atomic mass is 10.1. The number of carboxylic acid groups (broad SMARTS) is 1. The van der Waals surface area contributed by atoms with Crippen molar-refractivity contribution >= 4 is 17.7 Å². The Balaban J connectivity index is 2.23. The maximum Gasteiger partial charge on any atom is 0.188 e. The van der Waals surface area contributed by atoms with Crippen LogP contribution in [0.3, 0.4) is 0 Å². The molecule has 0 bridgehead atoms. The molecule has 0 aliphatic heterocycles. The fourth-order valence-corrected chi connectivity index (χ4v) is 2.18. The molecule has 0 spiro atoms. The van der Waals surface area contributed by atoms with Crippen LogP contribution < -0.4 is 5.11 Å². The molecule has 86 valence electrons. The highest BCUT2D eigenvalue weighted by molar-refractivity contribution is 8.00. The average molecular weight is 245 g/mol. The van der Waals surface area contributed by atoms with Crippen molar-refractivity contribution in [1.29, 1.82) is 0 Å². The summed E-state index contributed by atoms with van der Waals surface area (Å²) >= 11 is 1.07. The molecule has 0 aliphatic carbocycles.